The van der Waals surface area contributed by atoms with Gasteiger partial charge in [-0.05, 0) is 28.1 Å². The van der Waals surface area contributed by atoms with Crippen molar-refractivity contribution in [3.63, 3.8) is 0 Å². The van der Waals surface area contributed by atoms with Gasteiger partial charge in [-0.1, -0.05) is 29.3 Å². The Bertz CT molecular complexity index is 630. The van der Waals surface area contributed by atoms with E-state index in [4.69, 9.17) is 28.9 Å². The molecule has 0 saturated carbocycles. The number of rotatable bonds is 2. The Morgan fingerprint density at radius 1 is 1.26 bits per heavy atom. The molecule has 0 radical (unpaired) electrons. The summed E-state index contributed by atoms with van der Waals surface area (Å²) in [5.74, 6) is -0.419. The number of anilines is 2. The molecule has 0 aliphatic carbocycles. The van der Waals surface area contributed by atoms with Gasteiger partial charge >= 0.3 is 0 Å². The first-order chi connectivity index (χ1) is 9.00. The van der Waals surface area contributed by atoms with Crippen molar-refractivity contribution >= 4 is 56.4 Å². The summed E-state index contributed by atoms with van der Waals surface area (Å²) in [5.41, 5.74) is 6.68. The van der Waals surface area contributed by atoms with Crippen LogP contribution in [0.5, 0.6) is 0 Å². The zero-order chi connectivity index (χ0) is 14.0. The monoisotopic (exact) mass is 360 g/mol. The third-order valence-electron chi connectivity index (χ3n) is 2.27. The molecule has 2 rings (SSSR count). The van der Waals surface area contributed by atoms with Gasteiger partial charge in [0.25, 0.3) is 5.91 Å². The molecule has 98 valence electrons. The molecule has 5 nitrogen and oxygen atoms in total. The van der Waals surface area contributed by atoms with Crippen LogP contribution in [0, 0.1) is 0 Å². The molecule has 0 saturated heterocycles. The summed E-state index contributed by atoms with van der Waals surface area (Å²) in [6, 6.07) is 4.95. The molecule has 3 N–H and O–H groups in total. The normalized spacial score (nSPS) is 10.3. The Labute approximate surface area is 127 Å². The van der Waals surface area contributed by atoms with E-state index in [1.807, 2.05) is 0 Å². The lowest BCUT2D eigenvalue weighted by atomic mass is 10.2. The molecule has 19 heavy (non-hydrogen) atoms. The van der Waals surface area contributed by atoms with Gasteiger partial charge in [-0.3, -0.25) is 4.79 Å². The number of benzene rings is 1. The zero-order valence-corrected chi connectivity index (χ0v) is 12.4. The molecular weight excluding hydrogens is 355 g/mol. The first kappa shape index (κ1) is 14.0. The average Bonchev–Trinajstić information content (AvgIpc) is 2.37. The Balaban J connectivity index is 2.34. The number of aromatic nitrogens is 2. The van der Waals surface area contributed by atoms with E-state index in [2.05, 4.69) is 31.2 Å². The molecule has 1 heterocycles. The Kier molecular flexibility index (Phi) is 4.24. The van der Waals surface area contributed by atoms with Crippen LogP contribution in [0.2, 0.25) is 10.3 Å². The highest BCUT2D eigenvalue weighted by Gasteiger charge is 2.16. The highest BCUT2D eigenvalue weighted by Crippen LogP contribution is 2.28. The van der Waals surface area contributed by atoms with E-state index in [0.717, 1.165) is 0 Å². The molecule has 1 aromatic carbocycles. The van der Waals surface area contributed by atoms with E-state index in [-0.39, 0.29) is 16.0 Å². The van der Waals surface area contributed by atoms with Crippen LogP contribution in [-0.2, 0) is 0 Å². The number of carbonyl (C=O) groups excluding carboxylic acids is 1. The predicted molar refractivity (Wildman–Crippen MR) is 78.6 cm³/mol. The smallest absolute Gasteiger partial charge is 0.257 e. The van der Waals surface area contributed by atoms with E-state index in [1.54, 1.807) is 18.2 Å². The molecule has 0 spiro atoms. The quantitative estimate of drug-likeness (QED) is 0.634. The molecule has 0 aliphatic heterocycles. The Morgan fingerprint density at radius 2 is 1.89 bits per heavy atom. The molecule has 0 bridgehead atoms. The summed E-state index contributed by atoms with van der Waals surface area (Å²) >= 11 is 14.9. The number of hydrogen-bond acceptors (Lipinski definition) is 4. The lowest BCUT2D eigenvalue weighted by Crippen LogP contribution is -2.14. The summed E-state index contributed by atoms with van der Waals surface area (Å²) < 4.78 is 0.497. The third-order valence-corrected chi connectivity index (χ3v) is 3.72. The lowest BCUT2D eigenvalue weighted by molar-refractivity contribution is 0.102. The van der Waals surface area contributed by atoms with Gasteiger partial charge in [0.2, 0.25) is 0 Å². The van der Waals surface area contributed by atoms with Crippen molar-refractivity contribution in [2.75, 3.05) is 11.1 Å². The van der Waals surface area contributed by atoms with Crippen LogP contribution < -0.4 is 11.1 Å². The summed E-state index contributed by atoms with van der Waals surface area (Å²) in [6.07, 6.45) is 1.21. The fourth-order valence-electron chi connectivity index (χ4n) is 1.35. The van der Waals surface area contributed by atoms with Crippen molar-refractivity contribution in [2.24, 2.45) is 0 Å². The van der Waals surface area contributed by atoms with Crippen molar-refractivity contribution in [2.45, 2.75) is 0 Å². The fraction of sp³-hybridized carbons (Fsp3) is 0. The second-order valence-electron chi connectivity index (χ2n) is 3.49. The van der Waals surface area contributed by atoms with Crippen LogP contribution in [0.4, 0.5) is 11.4 Å². The minimum absolute atomic E-state index is 0.0633. The van der Waals surface area contributed by atoms with Crippen LogP contribution in [-0.4, -0.2) is 15.9 Å². The zero-order valence-electron chi connectivity index (χ0n) is 9.32. The van der Waals surface area contributed by atoms with Gasteiger partial charge in [-0.25, -0.2) is 9.97 Å². The molecule has 0 aliphatic rings. The lowest BCUT2D eigenvalue weighted by Gasteiger charge is -2.09. The summed E-state index contributed by atoms with van der Waals surface area (Å²) in [6.45, 7) is 0. The molecule has 2 aromatic rings. The van der Waals surface area contributed by atoms with E-state index in [1.165, 1.54) is 6.33 Å². The van der Waals surface area contributed by atoms with Crippen LogP contribution in [0.3, 0.4) is 0 Å². The van der Waals surface area contributed by atoms with Crippen LogP contribution in [0.25, 0.3) is 0 Å². The number of amides is 1. The molecular formula is C11H7BrCl2N4O. The van der Waals surface area contributed by atoms with Crippen LogP contribution in [0.1, 0.15) is 10.4 Å². The number of nitrogens with zero attached hydrogens (tertiary/aromatic N) is 2. The largest absolute Gasteiger partial charge is 0.398 e. The predicted octanol–water partition coefficient (Wildman–Crippen LogP) is 3.38. The van der Waals surface area contributed by atoms with Gasteiger partial charge in [0.1, 0.15) is 12.0 Å². The number of halogens is 3. The molecule has 0 fully saturated rings. The van der Waals surface area contributed by atoms with Gasteiger partial charge in [-0.15, -0.1) is 0 Å². The van der Waals surface area contributed by atoms with Crippen molar-refractivity contribution < 1.29 is 4.79 Å². The number of hydrogen-bond donors (Lipinski definition) is 2. The Morgan fingerprint density at radius 3 is 2.53 bits per heavy atom. The first-order valence-electron chi connectivity index (χ1n) is 5.02. The van der Waals surface area contributed by atoms with Gasteiger partial charge in [-0.2, -0.15) is 0 Å². The van der Waals surface area contributed by atoms with E-state index in [9.17, 15) is 4.79 Å². The highest BCUT2D eigenvalue weighted by molar-refractivity contribution is 9.10. The van der Waals surface area contributed by atoms with Gasteiger partial charge in [0.05, 0.1) is 10.0 Å². The summed E-state index contributed by atoms with van der Waals surface area (Å²) in [7, 11) is 0. The molecule has 0 unspecified atom stereocenters. The maximum absolute atomic E-state index is 12.1. The van der Waals surface area contributed by atoms with Crippen LogP contribution >= 0.6 is 39.1 Å². The molecule has 1 amide bonds. The van der Waals surface area contributed by atoms with Crippen LogP contribution in [0.15, 0.2) is 29.0 Å². The van der Waals surface area contributed by atoms with Crippen molar-refractivity contribution in [3.8, 4) is 0 Å². The SMILES string of the molecule is Nc1cccc(C(=O)Nc2c(Cl)ncnc2Cl)c1Br. The number of carbonyl (C=O) groups is 1. The summed E-state index contributed by atoms with van der Waals surface area (Å²) in [4.78, 5) is 19.6. The number of nitrogens with one attached hydrogen (secondary N) is 1. The first-order valence-corrected chi connectivity index (χ1v) is 6.57. The maximum atomic E-state index is 12.1. The van der Waals surface area contributed by atoms with Gasteiger partial charge in [0, 0.05) is 5.69 Å². The van der Waals surface area contributed by atoms with E-state index in [0.29, 0.717) is 15.7 Å². The van der Waals surface area contributed by atoms with Gasteiger partial charge in [0.15, 0.2) is 10.3 Å². The fourth-order valence-corrected chi connectivity index (χ4v) is 2.21. The number of nitrogens with two attached hydrogens (primary N) is 1. The third kappa shape index (κ3) is 2.97. The topological polar surface area (TPSA) is 80.9 Å². The van der Waals surface area contributed by atoms with E-state index >= 15 is 0 Å². The van der Waals surface area contributed by atoms with Crippen molar-refractivity contribution in [3.05, 3.63) is 44.9 Å². The van der Waals surface area contributed by atoms with Crippen molar-refractivity contribution in [1.82, 2.24) is 9.97 Å². The highest BCUT2D eigenvalue weighted by atomic mass is 79.9. The average molecular weight is 362 g/mol. The molecule has 1 aromatic heterocycles. The van der Waals surface area contributed by atoms with Gasteiger partial charge < -0.3 is 11.1 Å². The molecule has 8 heteroatoms. The number of nitrogen functional groups attached to an aromatic ring is 1. The maximum Gasteiger partial charge on any atom is 0.257 e. The minimum atomic E-state index is -0.419. The second-order valence-corrected chi connectivity index (χ2v) is 5.00. The molecule has 0 atom stereocenters. The minimum Gasteiger partial charge on any atom is -0.398 e. The van der Waals surface area contributed by atoms with Crippen molar-refractivity contribution in [1.29, 1.82) is 0 Å². The second kappa shape index (κ2) is 5.73. The van der Waals surface area contributed by atoms with E-state index < -0.39 is 5.91 Å². The Hall–Kier alpha value is -1.37. The standard InChI is InChI=1S/C11H7BrCl2N4O/c12-7-5(2-1-3-6(7)15)11(19)18-8-9(13)16-4-17-10(8)14/h1-4H,15H2,(H,18,19). The summed E-state index contributed by atoms with van der Waals surface area (Å²) in [5, 5.41) is 2.68.